The summed E-state index contributed by atoms with van der Waals surface area (Å²) in [6.45, 7) is 0. The Morgan fingerprint density at radius 3 is 1.62 bits per heavy atom. The number of rotatable bonds is 2. The van der Waals surface area contributed by atoms with Crippen LogP contribution in [0.5, 0.6) is 0 Å². The quantitative estimate of drug-likeness (QED) is 0.714. The van der Waals surface area contributed by atoms with Crippen molar-refractivity contribution in [2.24, 2.45) is 0 Å². The molecule has 2 unspecified atom stereocenters. The van der Waals surface area contributed by atoms with Gasteiger partial charge in [0, 0.05) is 21.5 Å². The predicted molar refractivity (Wildman–Crippen MR) is 42.8 cm³/mol. The number of hydrogen-bond donors (Lipinski definition) is 2. The van der Waals surface area contributed by atoms with Crippen LogP contribution in [0.25, 0.3) is 0 Å². The first kappa shape index (κ1) is 12.2. The number of aromatic nitrogens is 2. The minimum absolute atomic E-state index is 1.50. The van der Waals surface area contributed by atoms with E-state index in [0.29, 0.717) is 0 Å². The maximum atomic E-state index is 9.39. The molecule has 7 nitrogen and oxygen atoms in total. The molecular formula is C4H6N2O5P2+2. The highest BCUT2D eigenvalue weighted by atomic mass is 31.2. The van der Waals surface area contributed by atoms with E-state index in [1.807, 2.05) is 0 Å². The maximum absolute atomic E-state index is 9.39. The van der Waals surface area contributed by atoms with E-state index in [1.165, 1.54) is 6.33 Å². The summed E-state index contributed by atoms with van der Waals surface area (Å²) in [7, 11) is -5.85. The summed E-state index contributed by atoms with van der Waals surface area (Å²) in [6, 6.07) is 1.78. The van der Waals surface area contributed by atoms with Gasteiger partial charge in [-0.05, 0) is 6.07 Å². The van der Waals surface area contributed by atoms with Crippen molar-refractivity contribution in [1.82, 2.24) is 9.97 Å². The number of nitrogens with zero attached hydrogens (tertiary/aromatic N) is 2. The maximum Gasteiger partial charge on any atom is 0.745 e. The highest BCUT2D eigenvalue weighted by molar-refractivity contribution is 7.46. The molecule has 2 atom stereocenters. The first-order chi connectivity index (χ1) is 6.13. The summed E-state index contributed by atoms with van der Waals surface area (Å²) in [5.74, 6) is 0. The van der Waals surface area contributed by atoms with E-state index >= 15 is 0 Å². The van der Waals surface area contributed by atoms with E-state index in [9.17, 15) is 9.13 Å². The van der Waals surface area contributed by atoms with Crippen molar-refractivity contribution >= 4 is 16.5 Å². The van der Waals surface area contributed by atoms with Crippen molar-refractivity contribution in [3.63, 3.8) is 0 Å². The second-order valence-corrected chi connectivity index (χ2v) is 3.07. The van der Waals surface area contributed by atoms with Gasteiger partial charge in [0.15, 0.2) is 4.31 Å². The van der Waals surface area contributed by atoms with Crippen LogP contribution in [-0.2, 0) is 13.4 Å². The Balaban J connectivity index is 0.000000223. The van der Waals surface area contributed by atoms with E-state index in [-0.39, 0.29) is 0 Å². The second kappa shape index (κ2) is 7.79. The highest BCUT2D eigenvalue weighted by Gasteiger charge is 2.31. The summed E-state index contributed by atoms with van der Waals surface area (Å²) >= 11 is 0. The summed E-state index contributed by atoms with van der Waals surface area (Å²) in [5.41, 5.74) is 0. The Labute approximate surface area is 75.3 Å². The Kier molecular flexibility index (Phi) is 7.29. The zero-order valence-corrected chi connectivity index (χ0v) is 8.01. The van der Waals surface area contributed by atoms with E-state index in [1.54, 1.807) is 18.5 Å². The first-order valence-corrected chi connectivity index (χ1v) is 5.09. The molecule has 0 aliphatic rings. The molecule has 1 aromatic heterocycles. The van der Waals surface area contributed by atoms with Crippen LogP contribution in [0.2, 0.25) is 0 Å². The van der Waals surface area contributed by atoms with Gasteiger partial charge in [-0.1, -0.05) is 0 Å². The first-order valence-electron chi connectivity index (χ1n) is 2.83. The molecule has 13 heavy (non-hydrogen) atoms. The molecule has 1 aromatic rings. The van der Waals surface area contributed by atoms with Gasteiger partial charge in [-0.3, -0.25) is 0 Å². The Hall–Kier alpha value is -0.840. The zero-order valence-electron chi connectivity index (χ0n) is 6.22. The van der Waals surface area contributed by atoms with Crippen LogP contribution in [-0.4, -0.2) is 19.8 Å². The van der Waals surface area contributed by atoms with Crippen molar-refractivity contribution < 1.29 is 23.2 Å². The summed E-state index contributed by atoms with van der Waals surface area (Å²) < 4.78 is 22.2. The van der Waals surface area contributed by atoms with Crippen molar-refractivity contribution in [2.45, 2.75) is 0 Å². The normalized spacial score (nSPS) is 10.9. The number of hydrogen-bond acceptors (Lipinski definition) is 5. The minimum atomic E-state index is -2.92. The molecule has 1 rings (SSSR count). The van der Waals surface area contributed by atoms with Gasteiger partial charge in [-0.2, -0.15) is 0 Å². The molecule has 0 bridgehead atoms. The lowest BCUT2D eigenvalue weighted by atomic mass is 10.7. The molecule has 0 radical (unpaired) electrons. The molecule has 0 spiro atoms. The third kappa shape index (κ3) is 11.2. The fraction of sp³-hybridized carbons (Fsp3) is 0. The second-order valence-electron chi connectivity index (χ2n) is 1.46. The summed E-state index contributed by atoms with van der Waals surface area (Å²) in [5, 5.41) is 0. The van der Waals surface area contributed by atoms with Gasteiger partial charge >= 0.3 is 16.5 Å². The molecule has 2 N–H and O–H groups in total. The van der Waals surface area contributed by atoms with Crippen LogP contribution >= 0.6 is 16.5 Å². The standard InChI is InChI=1S/C4H4N2.O5P2/c1-2-5-4-6-3-1;1-6(2)5-7(3)4/h1-4H;/p+2. The lowest BCUT2D eigenvalue weighted by Gasteiger charge is -1.70. The average Bonchev–Trinajstić information content (AvgIpc) is 2.06. The van der Waals surface area contributed by atoms with Gasteiger partial charge in [0.1, 0.15) is 6.33 Å². The van der Waals surface area contributed by atoms with E-state index < -0.39 is 16.5 Å². The average molecular weight is 224 g/mol. The van der Waals surface area contributed by atoms with E-state index in [0.717, 1.165) is 0 Å². The molecule has 0 fully saturated rings. The minimum Gasteiger partial charge on any atom is -0.245 e. The Morgan fingerprint density at radius 1 is 1.08 bits per heavy atom. The lowest BCUT2D eigenvalue weighted by Crippen LogP contribution is -1.66. The fourth-order valence-electron chi connectivity index (χ4n) is 0.313. The fourth-order valence-corrected chi connectivity index (χ4v) is 0.791. The molecule has 9 heteroatoms. The monoisotopic (exact) mass is 224 g/mol. The zero-order chi connectivity index (χ0) is 10.1. The van der Waals surface area contributed by atoms with Crippen LogP contribution in [0.3, 0.4) is 0 Å². The van der Waals surface area contributed by atoms with Crippen LogP contribution in [0.15, 0.2) is 24.8 Å². The molecule has 0 amide bonds. The largest absolute Gasteiger partial charge is 0.745 e. The van der Waals surface area contributed by atoms with Crippen molar-refractivity contribution in [3.05, 3.63) is 24.8 Å². The Morgan fingerprint density at radius 2 is 1.54 bits per heavy atom. The van der Waals surface area contributed by atoms with Crippen molar-refractivity contribution in [1.29, 1.82) is 0 Å². The molecule has 0 aliphatic carbocycles. The van der Waals surface area contributed by atoms with Crippen LogP contribution in [0.4, 0.5) is 0 Å². The third-order valence-electron chi connectivity index (χ3n) is 0.617. The van der Waals surface area contributed by atoms with E-state index in [2.05, 4.69) is 14.3 Å². The van der Waals surface area contributed by atoms with Crippen molar-refractivity contribution in [2.75, 3.05) is 0 Å². The summed E-state index contributed by atoms with van der Waals surface area (Å²) in [4.78, 5) is 22.7. The van der Waals surface area contributed by atoms with Crippen LogP contribution in [0.1, 0.15) is 0 Å². The SMILES string of the molecule is O=[P+](O)O[P+](=O)O.c1cncnc1. The third-order valence-corrected chi connectivity index (χ3v) is 1.73. The van der Waals surface area contributed by atoms with Gasteiger partial charge in [-0.15, -0.1) is 9.79 Å². The van der Waals surface area contributed by atoms with Crippen molar-refractivity contribution in [3.8, 4) is 0 Å². The smallest absolute Gasteiger partial charge is 0.245 e. The molecular weight excluding hydrogens is 218 g/mol. The Bertz CT molecular complexity index is 230. The molecule has 0 aromatic carbocycles. The highest BCUT2D eigenvalue weighted by Crippen LogP contribution is 2.30. The molecule has 0 saturated heterocycles. The van der Waals surface area contributed by atoms with Crippen LogP contribution < -0.4 is 0 Å². The van der Waals surface area contributed by atoms with Gasteiger partial charge < -0.3 is 0 Å². The lowest BCUT2D eigenvalue weighted by molar-refractivity contribution is 0.371. The van der Waals surface area contributed by atoms with Gasteiger partial charge in [0.2, 0.25) is 0 Å². The molecule has 0 saturated carbocycles. The topological polar surface area (TPSA) is 110 Å². The molecule has 1 heterocycles. The summed E-state index contributed by atoms with van der Waals surface area (Å²) in [6.07, 6.45) is 4.88. The van der Waals surface area contributed by atoms with Gasteiger partial charge in [-0.25, -0.2) is 9.97 Å². The van der Waals surface area contributed by atoms with Gasteiger partial charge in [0.05, 0.1) is 0 Å². The predicted octanol–water partition coefficient (Wildman–Crippen LogP) is 0.779. The van der Waals surface area contributed by atoms with E-state index in [4.69, 9.17) is 9.79 Å². The van der Waals surface area contributed by atoms with Crippen LogP contribution in [0, 0.1) is 0 Å². The molecule has 70 valence electrons. The van der Waals surface area contributed by atoms with Gasteiger partial charge in [0.25, 0.3) is 0 Å². The molecule has 0 aliphatic heterocycles.